The Bertz CT molecular complexity index is 643. The third-order valence-electron chi connectivity index (χ3n) is 2.66. The molecule has 0 saturated carbocycles. The van der Waals surface area contributed by atoms with Gasteiger partial charge in [-0.05, 0) is 31.2 Å². The van der Waals surface area contributed by atoms with Gasteiger partial charge in [-0.1, -0.05) is 6.07 Å². The van der Waals surface area contributed by atoms with Crippen LogP contribution in [0.5, 0.6) is 5.75 Å². The fourth-order valence-electron chi connectivity index (χ4n) is 1.69. The summed E-state index contributed by atoms with van der Waals surface area (Å²) in [6, 6.07) is 7.23. The topological polar surface area (TPSA) is 86.0 Å². The minimum Gasteiger partial charge on any atom is -0.508 e. The zero-order valence-electron chi connectivity index (χ0n) is 11.4. The van der Waals surface area contributed by atoms with Crippen LogP contribution < -0.4 is 0 Å². The van der Waals surface area contributed by atoms with E-state index in [-0.39, 0.29) is 35.9 Å². The Morgan fingerprint density at radius 1 is 1.19 bits per heavy atom. The van der Waals surface area contributed by atoms with Gasteiger partial charge in [0.15, 0.2) is 12.4 Å². The summed E-state index contributed by atoms with van der Waals surface area (Å²) in [7, 11) is 0. The molecule has 6 nitrogen and oxygen atoms in total. The number of ether oxygens (including phenoxy) is 2. The fraction of sp³-hybridized carbons (Fsp3) is 0.200. The van der Waals surface area contributed by atoms with E-state index in [0.717, 1.165) is 0 Å². The number of benzene rings is 1. The lowest BCUT2D eigenvalue weighted by Gasteiger charge is -2.05. The highest BCUT2D eigenvalue weighted by atomic mass is 16.5. The molecule has 1 aromatic carbocycles. The largest absolute Gasteiger partial charge is 0.508 e. The SMILES string of the molecule is CCOC(=O)c1ccoc1COC(=O)c1cccc(O)c1. The Balaban J connectivity index is 2.02. The van der Waals surface area contributed by atoms with Gasteiger partial charge in [-0.3, -0.25) is 0 Å². The first-order valence-corrected chi connectivity index (χ1v) is 6.31. The number of furan rings is 1. The lowest BCUT2D eigenvalue weighted by atomic mass is 10.2. The standard InChI is InChI=1S/C15H14O6/c1-2-19-15(18)12-6-7-20-13(12)9-21-14(17)10-4-3-5-11(16)8-10/h3-8,16H,2,9H2,1H3. The Kier molecular flexibility index (Phi) is 4.61. The molecule has 0 spiro atoms. The summed E-state index contributed by atoms with van der Waals surface area (Å²) in [4.78, 5) is 23.4. The molecule has 1 aromatic heterocycles. The second-order valence-electron chi connectivity index (χ2n) is 4.10. The van der Waals surface area contributed by atoms with Crippen LogP contribution in [0.25, 0.3) is 0 Å². The normalized spacial score (nSPS) is 10.1. The highest BCUT2D eigenvalue weighted by molar-refractivity contribution is 5.91. The van der Waals surface area contributed by atoms with Crippen molar-refractivity contribution in [3.05, 3.63) is 53.5 Å². The Morgan fingerprint density at radius 2 is 2.00 bits per heavy atom. The molecular weight excluding hydrogens is 276 g/mol. The van der Waals surface area contributed by atoms with Crippen LogP contribution in [0.3, 0.4) is 0 Å². The van der Waals surface area contributed by atoms with E-state index in [4.69, 9.17) is 13.9 Å². The summed E-state index contributed by atoms with van der Waals surface area (Å²) in [6.45, 7) is 1.74. The van der Waals surface area contributed by atoms with E-state index in [9.17, 15) is 14.7 Å². The number of phenolic OH excluding ortho intramolecular Hbond substituents is 1. The fourth-order valence-corrected chi connectivity index (χ4v) is 1.69. The summed E-state index contributed by atoms with van der Waals surface area (Å²) >= 11 is 0. The van der Waals surface area contributed by atoms with Gasteiger partial charge in [-0.2, -0.15) is 0 Å². The van der Waals surface area contributed by atoms with Crippen LogP contribution in [-0.4, -0.2) is 23.7 Å². The number of carbonyl (C=O) groups is 2. The van der Waals surface area contributed by atoms with Crippen molar-refractivity contribution in [3.8, 4) is 5.75 Å². The average molecular weight is 290 g/mol. The van der Waals surface area contributed by atoms with Crippen molar-refractivity contribution >= 4 is 11.9 Å². The molecule has 0 radical (unpaired) electrons. The van der Waals surface area contributed by atoms with E-state index in [0.29, 0.717) is 0 Å². The van der Waals surface area contributed by atoms with Crippen LogP contribution in [0, 0.1) is 0 Å². The maximum absolute atomic E-state index is 11.8. The molecule has 0 aliphatic rings. The van der Waals surface area contributed by atoms with Gasteiger partial charge < -0.3 is 19.0 Å². The summed E-state index contributed by atoms with van der Waals surface area (Å²) in [5, 5.41) is 9.30. The molecule has 0 amide bonds. The van der Waals surface area contributed by atoms with Crippen molar-refractivity contribution in [3.63, 3.8) is 0 Å². The Morgan fingerprint density at radius 3 is 2.71 bits per heavy atom. The van der Waals surface area contributed by atoms with Gasteiger partial charge in [0.25, 0.3) is 0 Å². The van der Waals surface area contributed by atoms with Crippen molar-refractivity contribution in [1.29, 1.82) is 0 Å². The smallest absolute Gasteiger partial charge is 0.341 e. The molecular formula is C15H14O6. The van der Waals surface area contributed by atoms with Gasteiger partial charge in [0.2, 0.25) is 0 Å². The molecule has 110 valence electrons. The third-order valence-corrected chi connectivity index (χ3v) is 2.66. The van der Waals surface area contributed by atoms with Crippen LogP contribution in [0.2, 0.25) is 0 Å². The lowest BCUT2D eigenvalue weighted by Crippen LogP contribution is -2.09. The van der Waals surface area contributed by atoms with Crippen molar-refractivity contribution < 1.29 is 28.6 Å². The van der Waals surface area contributed by atoms with Gasteiger partial charge >= 0.3 is 11.9 Å². The molecule has 0 atom stereocenters. The van der Waals surface area contributed by atoms with E-state index in [1.165, 1.54) is 36.6 Å². The van der Waals surface area contributed by atoms with Crippen molar-refractivity contribution in [2.45, 2.75) is 13.5 Å². The second-order valence-corrected chi connectivity index (χ2v) is 4.10. The summed E-state index contributed by atoms with van der Waals surface area (Å²) < 4.78 is 15.0. The first-order chi connectivity index (χ1) is 10.1. The first kappa shape index (κ1) is 14.6. The van der Waals surface area contributed by atoms with Crippen molar-refractivity contribution in [2.24, 2.45) is 0 Å². The Labute approximate surface area is 120 Å². The Hall–Kier alpha value is -2.76. The molecule has 1 heterocycles. The monoisotopic (exact) mass is 290 g/mol. The van der Waals surface area contributed by atoms with Crippen molar-refractivity contribution in [2.75, 3.05) is 6.61 Å². The molecule has 0 fully saturated rings. The molecule has 1 N–H and O–H groups in total. The highest BCUT2D eigenvalue weighted by Crippen LogP contribution is 2.16. The minimum atomic E-state index is -0.628. The number of hydrogen-bond acceptors (Lipinski definition) is 6. The first-order valence-electron chi connectivity index (χ1n) is 6.31. The van der Waals surface area contributed by atoms with Gasteiger partial charge in [0.05, 0.1) is 18.4 Å². The molecule has 2 aromatic rings. The molecule has 0 unspecified atom stereocenters. The maximum Gasteiger partial charge on any atom is 0.341 e. The molecule has 21 heavy (non-hydrogen) atoms. The van der Waals surface area contributed by atoms with Gasteiger partial charge in [0, 0.05) is 0 Å². The van der Waals surface area contributed by atoms with Crippen LogP contribution >= 0.6 is 0 Å². The predicted molar refractivity (Wildman–Crippen MR) is 71.9 cm³/mol. The highest BCUT2D eigenvalue weighted by Gasteiger charge is 2.17. The average Bonchev–Trinajstić information content (AvgIpc) is 2.93. The second kappa shape index (κ2) is 6.60. The quantitative estimate of drug-likeness (QED) is 0.851. The summed E-state index contributed by atoms with van der Waals surface area (Å²) in [5.74, 6) is -0.983. The van der Waals surface area contributed by atoms with Crippen LogP contribution in [-0.2, 0) is 16.1 Å². The van der Waals surface area contributed by atoms with E-state index in [1.54, 1.807) is 6.92 Å². The predicted octanol–water partition coefficient (Wildman–Crippen LogP) is 2.52. The zero-order valence-corrected chi connectivity index (χ0v) is 11.4. The number of rotatable bonds is 5. The van der Waals surface area contributed by atoms with Gasteiger partial charge in [0.1, 0.15) is 11.3 Å². The number of hydrogen-bond donors (Lipinski definition) is 1. The molecule has 0 saturated heterocycles. The van der Waals surface area contributed by atoms with E-state index < -0.39 is 11.9 Å². The van der Waals surface area contributed by atoms with Crippen LogP contribution in [0.4, 0.5) is 0 Å². The van der Waals surface area contributed by atoms with Crippen LogP contribution in [0.15, 0.2) is 41.0 Å². The number of esters is 2. The minimum absolute atomic E-state index is 0.0327. The lowest BCUT2D eigenvalue weighted by molar-refractivity contribution is 0.0422. The maximum atomic E-state index is 11.8. The molecule has 0 bridgehead atoms. The molecule has 2 rings (SSSR count). The molecule has 0 aliphatic carbocycles. The summed E-state index contributed by atoms with van der Waals surface area (Å²) in [6.07, 6.45) is 1.32. The van der Waals surface area contributed by atoms with E-state index in [2.05, 4.69) is 0 Å². The van der Waals surface area contributed by atoms with E-state index >= 15 is 0 Å². The molecule has 0 aliphatic heterocycles. The number of carbonyl (C=O) groups excluding carboxylic acids is 2. The number of aromatic hydroxyl groups is 1. The van der Waals surface area contributed by atoms with Crippen LogP contribution in [0.1, 0.15) is 33.4 Å². The molecule has 6 heteroatoms. The van der Waals surface area contributed by atoms with Crippen molar-refractivity contribution in [1.82, 2.24) is 0 Å². The number of phenols is 1. The van der Waals surface area contributed by atoms with E-state index in [1.807, 2.05) is 0 Å². The third kappa shape index (κ3) is 3.62. The van der Waals surface area contributed by atoms with Gasteiger partial charge in [-0.15, -0.1) is 0 Å². The van der Waals surface area contributed by atoms with Gasteiger partial charge in [-0.25, -0.2) is 9.59 Å². The summed E-state index contributed by atoms with van der Waals surface area (Å²) in [5.41, 5.74) is 0.430. The zero-order chi connectivity index (χ0) is 15.2.